The van der Waals surface area contributed by atoms with E-state index in [4.69, 9.17) is 0 Å². The van der Waals surface area contributed by atoms with E-state index >= 15 is 0 Å². The average Bonchev–Trinajstić information content (AvgIpc) is 2.74. The molecule has 22 heavy (non-hydrogen) atoms. The van der Waals surface area contributed by atoms with Gasteiger partial charge in [-0.25, -0.2) is 0 Å². The van der Waals surface area contributed by atoms with Crippen LogP contribution in [0, 0.1) is 0 Å². The van der Waals surface area contributed by atoms with Gasteiger partial charge in [0.2, 0.25) is 0 Å². The molecular weight excluding hydrogens is 264 g/mol. The zero-order valence-corrected chi connectivity index (χ0v) is 13.8. The molecule has 0 fully saturated rings. The van der Waals surface area contributed by atoms with Crippen LogP contribution in [0.15, 0.2) is 54.6 Å². The van der Waals surface area contributed by atoms with Gasteiger partial charge in [0.1, 0.15) is 0 Å². The van der Waals surface area contributed by atoms with Crippen molar-refractivity contribution in [2.45, 2.75) is 39.0 Å². The molecule has 0 aromatic heterocycles. The van der Waals surface area contributed by atoms with Gasteiger partial charge in [0.05, 0.1) is 0 Å². The van der Waals surface area contributed by atoms with Crippen molar-refractivity contribution >= 4 is 10.8 Å². The van der Waals surface area contributed by atoms with Crippen molar-refractivity contribution in [3.05, 3.63) is 71.3 Å². The molecule has 3 aromatic rings. The molecule has 0 radical (unpaired) electrons. The Morgan fingerprint density at radius 1 is 0.818 bits per heavy atom. The lowest BCUT2D eigenvalue weighted by atomic mass is 9.76. The molecule has 0 heteroatoms. The van der Waals surface area contributed by atoms with Gasteiger partial charge in [-0.15, -0.1) is 0 Å². The molecule has 0 bridgehead atoms. The molecule has 0 unspecified atom stereocenters. The first-order chi connectivity index (χ1) is 10.5. The minimum absolute atomic E-state index is 0.0789. The fourth-order valence-electron chi connectivity index (χ4n) is 4.26. The summed E-state index contributed by atoms with van der Waals surface area (Å²) in [5.41, 5.74) is 7.44. The zero-order chi connectivity index (χ0) is 15.5. The molecule has 0 nitrogen and oxygen atoms in total. The smallest absolute Gasteiger partial charge is 0.0161 e. The predicted octanol–water partition coefficient (Wildman–Crippen LogP) is 6.27. The molecule has 0 N–H and O–H groups in total. The van der Waals surface area contributed by atoms with Gasteiger partial charge in [0, 0.05) is 5.41 Å². The molecule has 0 saturated carbocycles. The van der Waals surface area contributed by atoms with Crippen molar-refractivity contribution in [1.29, 1.82) is 0 Å². The Morgan fingerprint density at radius 2 is 1.50 bits per heavy atom. The van der Waals surface area contributed by atoms with Crippen LogP contribution in [-0.4, -0.2) is 0 Å². The van der Waals surface area contributed by atoms with Gasteiger partial charge in [-0.05, 0) is 50.6 Å². The minimum atomic E-state index is 0.0789. The zero-order valence-electron chi connectivity index (χ0n) is 13.8. The summed E-state index contributed by atoms with van der Waals surface area (Å²) < 4.78 is 0. The molecule has 0 saturated heterocycles. The Morgan fingerprint density at radius 3 is 2.27 bits per heavy atom. The van der Waals surface area contributed by atoms with Crippen LogP contribution in [-0.2, 0) is 5.41 Å². The topological polar surface area (TPSA) is 0 Å². The molecule has 0 aliphatic heterocycles. The lowest BCUT2D eigenvalue weighted by Gasteiger charge is -2.27. The second kappa shape index (κ2) is 4.46. The summed E-state index contributed by atoms with van der Waals surface area (Å²) in [6.45, 7) is 9.39. The van der Waals surface area contributed by atoms with E-state index in [9.17, 15) is 0 Å². The Labute approximate surface area is 132 Å². The van der Waals surface area contributed by atoms with Crippen molar-refractivity contribution in [2.75, 3.05) is 0 Å². The molecule has 1 aliphatic rings. The van der Waals surface area contributed by atoms with Crippen LogP contribution >= 0.6 is 0 Å². The summed E-state index contributed by atoms with van der Waals surface area (Å²) in [5, 5.41) is 2.77. The number of hydrogen-bond donors (Lipinski definition) is 0. The maximum atomic E-state index is 2.39. The Hall–Kier alpha value is -2.08. The number of fused-ring (bicyclic) bond motifs is 4. The lowest BCUT2D eigenvalue weighted by molar-refractivity contribution is 0.644. The fourth-order valence-corrected chi connectivity index (χ4v) is 4.26. The Balaban J connectivity index is 2.22. The Kier molecular flexibility index (Phi) is 2.75. The molecule has 110 valence electrons. The third kappa shape index (κ3) is 1.64. The second-order valence-electron chi connectivity index (χ2n) is 7.26. The van der Waals surface area contributed by atoms with Gasteiger partial charge >= 0.3 is 0 Å². The molecule has 0 heterocycles. The van der Waals surface area contributed by atoms with Crippen molar-refractivity contribution in [2.24, 2.45) is 0 Å². The molecule has 0 amide bonds. The second-order valence-corrected chi connectivity index (χ2v) is 7.26. The highest BCUT2D eigenvalue weighted by atomic mass is 14.4. The summed E-state index contributed by atoms with van der Waals surface area (Å²) >= 11 is 0. The van der Waals surface area contributed by atoms with Crippen molar-refractivity contribution in [3.63, 3.8) is 0 Å². The van der Waals surface area contributed by atoms with Crippen LogP contribution in [0.1, 0.15) is 50.3 Å². The normalized spacial score (nSPS) is 15.1. The standard InChI is InChI=1S/C22H22/c1-14(2)20-16-10-6-5-9-15(16)13-18-17-11-7-8-12-19(17)22(3,4)21(18)20/h5-14H,1-4H3. The molecule has 3 aromatic carbocycles. The first-order valence-electron chi connectivity index (χ1n) is 8.18. The van der Waals surface area contributed by atoms with E-state index in [1.807, 2.05) is 0 Å². The quantitative estimate of drug-likeness (QED) is 0.494. The minimum Gasteiger partial charge on any atom is -0.0619 e. The highest BCUT2D eigenvalue weighted by Gasteiger charge is 2.38. The van der Waals surface area contributed by atoms with Crippen molar-refractivity contribution in [3.8, 4) is 11.1 Å². The largest absolute Gasteiger partial charge is 0.0619 e. The number of rotatable bonds is 1. The molecular formula is C22H22. The summed E-state index contributed by atoms with van der Waals surface area (Å²) in [5.74, 6) is 0.522. The fraction of sp³-hybridized carbons (Fsp3) is 0.273. The van der Waals surface area contributed by atoms with Crippen LogP contribution in [0.5, 0.6) is 0 Å². The molecule has 0 spiro atoms. The maximum Gasteiger partial charge on any atom is 0.0161 e. The monoisotopic (exact) mass is 286 g/mol. The highest BCUT2D eigenvalue weighted by Crippen LogP contribution is 2.52. The summed E-state index contributed by atoms with van der Waals surface area (Å²) in [6, 6.07) is 20.1. The van der Waals surface area contributed by atoms with E-state index in [0.717, 1.165) is 0 Å². The molecule has 0 atom stereocenters. The van der Waals surface area contributed by atoms with E-state index in [-0.39, 0.29) is 5.41 Å². The van der Waals surface area contributed by atoms with Gasteiger partial charge < -0.3 is 0 Å². The summed E-state index contributed by atoms with van der Waals surface area (Å²) in [4.78, 5) is 0. The number of hydrogen-bond acceptors (Lipinski definition) is 0. The maximum absolute atomic E-state index is 2.39. The SMILES string of the molecule is CC(C)c1c2c(cc3ccccc13)-c1ccccc1C2(C)C. The Bertz CT molecular complexity index is 882. The predicted molar refractivity (Wildman–Crippen MR) is 95.6 cm³/mol. The third-order valence-electron chi connectivity index (χ3n) is 5.18. The molecule has 1 aliphatic carbocycles. The van der Waals surface area contributed by atoms with Gasteiger partial charge in [-0.1, -0.05) is 76.2 Å². The van der Waals surface area contributed by atoms with E-state index < -0.39 is 0 Å². The van der Waals surface area contributed by atoms with E-state index in [0.29, 0.717) is 5.92 Å². The van der Waals surface area contributed by atoms with E-state index in [1.54, 1.807) is 0 Å². The van der Waals surface area contributed by atoms with Crippen LogP contribution in [0.25, 0.3) is 21.9 Å². The third-order valence-corrected chi connectivity index (χ3v) is 5.18. The van der Waals surface area contributed by atoms with Gasteiger partial charge in [-0.3, -0.25) is 0 Å². The van der Waals surface area contributed by atoms with E-state index in [2.05, 4.69) is 82.3 Å². The van der Waals surface area contributed by atoms with Crippen LogP contribution in [0.2, 0.25) is 0 Å². The highest BCUT2D eigenvalue weighted by molar-refractivity contribution is 5.96. The summed E-state index contributed by atoms with van der Waals surface area (Å²) in [7, 11) is 0. The first-order valence-corrected chi connectivity index (χ1v) is 8.18. The van der Waals surface area contributed by atoms with Crippen LogP contribution in [0.3, 0.4) is 0 Å². The van der Waals surface area contributed by atoms with Crippen molar-refractivity contribution < 1.29 is 0 Å². The van der Waals surface area contributed by atoms with Crippen LogP contribution in [0.4, 0.5) is 0 Å². The summed E-state index contributed by atoms with van der Waals surface area (Å²) in [6.07, 6.45) is 0. The molecule has 4 rings (SSSR count). The van der Waals surface area contributed by atoms with Gasteiger partial charge in [0.25, 0.3) is 0 Å². The number of benzene rings is 3. The first kappa shape index (κ1) is 13.6. The van der Waals surface area contributed by atoms with Crippen LogP contribution < -0.4 is 0 Å². The van der Waals surface area contributed by atoms with Crippen molar-refractivity contribution in [1.82, 2.24) is 0 Å². The average molecular weight is 286 g/mol. The van der Waals surface area contributed by atoms with Gasteiger partial charge in [0.15, 0.2) is 0 Å². The lowest BCUT2D eigenvalue weighted by Crippen LogP contribution is -2.18. The van der Waals surface area contributed by atoms with E-state index in [1.165, 1.54) is 38.6 Å². The van der Waals surface area contributed by atoms with Gasteiger partial charge in [-0.2, -0.15) is 0 Å².